The van der Waals surface area contributed by atoms with Gasteiger partial charge < -0.3 is 10.2 Å². The van der Waals surface area contributed by atoms with E-state index in [4.69, 9.17) is 10.2 Å². The van der Waals surface area contributed by atoms with E-state index in [2.05, 4.69) is 15.9 Å². The smallest absolute Gasteiger partial charge is 0.332 e. The number of aryl methyl sites for hydroxylation is 1. The standard InChI is InChI=1S/C11H11BrO4/c1-6-3-2-4-7(12)10(6)8(13)5-9(14)11(15)16/h2-4,9,14H,5H2,1H3,(H,15,16)/t9-/m0/s1. The molecule has 1 aromatic rings. The monoisotopic (exact) mass is 286 g/mol. The van der Waals surface area contributed by atoms with E-state index in [-0.39, 0.29) is 5.78 Å². The van der Waals surface area contributed by atoms with Gasteiger partial charge in [0.15, 0.2) is 11.9 Å². The molecule has 0 aliphatic heterocycles. The van der Waals surface area contributed by atoms with Crippen molar-refractivity contribution in [2.75, 3.05) is 0 Å². The molecule has 1 aromatic carbocycles. The Morgan fingerprint density at radius 1 is 1.44 bits per heavy atom. The number of Topliss-reactive ketones (excluding diaryl/α,β-unsaturated/α-hetero) is 1. The van der Waals surface area contributed by atoms with Crippen molar-refractivity contribution in [1.82, 2.24) is 0 Å². The van der Waals surface area contributed by atoms with Crippen LogP contribution in [0, 0.1) is 6.92 Å². The minimum absolute atomic E-state index is 0.389. The first kappa shape index (κ1) is 12.9. The number of hydrogen-bond acceptors (Lipinski definition) is 3. The molecule has 0 unspecified atom stereocenters. The van der Waals surface area contributed by atoms with Gasteiger partial charge in [-0.05, 0) is 18.6 Å². The van der Waals surface area contributed by atoms with Gasteiger partial charge in [-0.15, -0.1) is 0 Å². The number of ketones is 1. The van der Waals surface area contributed by atoms with Crippen LogP contribution >= 0.6 is 15.9 Å². The van der Waals surface area contributed by atoms with Crippen LogP contribution < -0.4 is 0 Å². The zero-order chi connectivity index (χ0) is 12.3. The molecule has 0 aliphatic rings. The van der Waals surface area contributed by atoms with Crippen LogP contribution in [0.5, 0.6) is 0 Å². The van der Waals surface area contributed by atoms with E-state index >= 15 is 0 Å². The van der Waals surface area contributed by atoms with E-state index < -0.39 is 18.5 Å². The Morgan fingerprint density at radius 2 is 2.06 bits per heavy atom. The number of halogens is 1. The highest BCUT2D eigenvalue weighted by Crippen LogP contribution is 2.22. The molecule has 0 bridgehead atoms. The fraction of sp³-hybridized carbons (Fsp3) is 0.273. The molecule has 0 aromatic heterocycles. The third-order valence-electron chi connectivity index (χ3n) is 2.16. The van der Waals surface area contributed by atoms with Gasteiger partial charge in [0.1, 0.15) is 0 Å². The predicted octanol–water partition coefficient (Wildman–Crippen LogP) is 1.78. The van der Waals surface area contributed by atoms with E-state index in [9.17, 15) is 9.59 Å². The lowest BCUT2D eigenvalue weighted by Crippen LogP contribution is -2.23. The van der Waals surface area contributed by atoms with E-state index in [1.807, 2.05) is 0 Å². The Kier molecular flexibility index (Phi) is 4.20. The van der Waals surface area contributed by atoms with E-state index in [0.717, 1.165) is 5.56 Å². The topological polar surface area (TPSA) is 74.6 Å². The van der Waals surface area contributed by atoms with Gasteiger partial charge in [-0.1, -0.05) is 28.1 Å². The summed E-state index contributed by atoms with van der Waals surface area (Å²) in [5.74, 6) is -1.78. The second kappa shape index (κ2) is 5.23. The van der Waals surface area contributed by atoms with Gasteiger partial charge in [-0.25, -0.2) is 4.79 Å². The first-order valence-electron chi connectivity index (χ1n) is 4.62. The average molecular weight is 287 g/mol. The molecule has 1 atom stereocenters. The molecule has 0 spiro atoms. The Morgan fingerprint density at radius 3 is 2.56 bits per heavy atom. The van der Waals surface area contributed by atoms with Crippen molar-refractivity contribution in [3.63, 3.8) is 0 Å². The molecule has 4 nitrogen and oxygen atoms in total. The lowest BCUT2D eigenvalue weighted by molar-refractivity contribution is -0.146. The number of aliphatic carboxylic acids is 1. The largest absolute Gasteiger partial charge is 0.479 e. The summed E-state index contributed by atoms with van der Waals surface area (Å²) in [5, 5.41) is 17.6. The maximum absolute atomic E-state index is 11.7. The van der Waals surface area contributed by atoms with E-state index in [1.54, 1.807) is 25.1 Å². The number of aliphatic hydroxyl groups is 1. The average Bonchev–Trinajstić information content (AvgIpc) is 2.16. The molecular weight excluding hydrogens is 276 g/mol. The summed E-state index contributed by atoms with van der Waals surface area (Å²) < 4.78 is 0.607. The maximum atomic E-state index is 11.7. The zero-order valence-electron chi connectivity index (χ0n) is 8.61. The van der Waals surface area contributed by atoms with Gasteiger partial charge in [0.05, 0.1) is 0 Å². The predicted molar refractivity (Wildman–Crippen MR) is 61.5 cm³/mol. The summed E-state index contributed by atoms with van der Waals surface area (Å²) in [6, 6.07) is 5.24. The lowest BCUT2D eigenvalue weighted by Gasteiger charge is -2.08. The van der Waals surface area contributed by atoms with Crippen LogP contribution in [0.1, 0.15) is 22.3 Å². The Hall–Kier alpha value is -1.20. The molecule has 0 aliphatic carbocycles. The Balaban J connectivity index is 2.93. The van der Waals surface area contributed by atoms with Crippen molar-refractivity contribution in [3.05, 3.63) is 33.8 Å². The molecule has 0 saturated heterocycles. The number of carboxylic acid groups (broad SMARTS) is 1. The fourth-order valence-corrected chi connectivity index (χ4v) is 2.04. The van der Waals surface area contributed by atoms with Crippen molar-refractivity contribution < 1.29 is 19.8 Å². The highest BCUT2D eigenvalue weighted by Gasteiger charge is 2.21. The van der Waals surface area contributed by atoms with Crippen LogP contribution in [0.15, 0.2) is 22.7 Å². The second-order valence-corrected chi connectivity index (χ2v) is 4.27. The van der Waals surface area contributed by atoms with Crippen molar-refractivity contribution in [2.24, 2.45) is 0 Å². The molecule has 0 amide bonds. The van der Waals surface area contributed by atoms with Crippen LogP contribution in [0.4, 0.5) is 0 Å². The summed E-state index contributed by atoms with van der Waals surface area (Å²) in [6.07, 6.45) is -2.07. The number of carbonyl (C=O) groups is 2. The lowest BCUT2D eigenvalue weighted by atomic mass is 10.0. The molecule has 0 fully saturated rings. The van der Waals surface area contributed by atoms with Crippen LogP contribution in [0.2, 0.25) is 0 Å². The summed E-state index contributed by atoms with van der Waals surface area (Å²) in [7, 11) is 0. The van der Waals surface area contributed by atoms with Crippen LogP contribution in [-0.2, 0) is 4.79 Å². The van der Waals surface area contributed by atoms with Gasteiger partial charge in [-0.2, -0.15) is 0 Å². The summed E-state index contributed by atoms with van der Waals surface area (Å²) in [5.41, 5.74) is 1.17. The normalized spacial score (nSPS) is 12.2. The molecule has 0 radical (unpaired) electrons. The molecule has 5 heteroatoms. The van der Waals surface area contributed by atoms with Crippen LogP contribution in [0.25, 0.3) is 0 Å². The minimum atomic E-state index is -1.65. The van der Waals surface area contributed by atoms with Crippen molar-refractivity contribution in [3.8, 4) is 0 Å². The van der Waals surface area contributed by atoms with Crippen LogP contribution in [-0.4, -0.2) is 28.1 Å². The van der Waals surface area contributed by atoms with Gasteiger partial charge in [-0.3, -0.25) is 4.79 Å². The summed E-state index contributed by atoms with van der Waals surface area (Å²) >= 11 is 3.22. The number of carboxylic acids is 1. The van der Waals surface area contributed by atoms with Crippen molar-refractivity contribution in [2.45, 2.75) is 19.4 Å². The molecule has 86 valence electrons. The number of hydrogen-bond donors (Lipinski definition) is 2. The number of aliphatic hydroxyl groups excluding tert-OH is 1. The molecule has 16 heavy (non-hydrogen) atoms. The third-order valence-corrected chi connectivity index (χ3v) is 2.83. The van der Waals surface area contributed by atoms with Crippen LogP contribution in [0.3, 0.4) is 0 Å². The molecule has 0 heterocycles. The number of rotatable bonds is 4. The third kappa shape index (κ3) is 2.90. The first-order valence-corrected chi connectivity index (χ1v) is 5.42. The Bertz CT molecular complexity index is 408. The quantitative estimate of drug-likeness (QED) is 0.828. The maximum Gasteiger partial charge on any atom is 0.332 e. The van der Waals surface area contributed by atoms with Crippen molar-refractivity contribution in [1.29, 1.82) is 0 Å². The zero-order valence-corrected chi connectivity index (χ0v) is 10.2. The number of carbonyl (C=O) groups excluding carboxylic acids is 1. The van der Waals surface area contributed by atoms with Crippen molar-refractivity contribution >= 4 is 27.7 Å². The fourth-order valence-electron chi connectivity index (χ4n) is 1.35. The van der Waals surface area contributed by atoms with Gasteiger partial charge in [0.25, 0.3) is 0 Å². The highest BCUT2D eigenvalue weighted by molar-refractivity contribution is 9.10. The summed E-state index contributed by atoms with van der Waals surface area (Å²) in [6.45, 7) is 1.76. The molecule has 0 saturated carbocycles. The second-order valence-electron chi connectivity index (χ2n) is 3.41. The SMILES string of the molecule is Cc1cccc(Br)c1C(=O)C[C@H](O)C(=O)O. The van der Waals surface area contributed by atoms with Gasteiger partial charge in [0, 0.05) is 16.5 Å². The number of benzene rings is 1. The van der Waals surface area contributed by atoms with Gasteiger partial charge in [0.2, 0.25) is 0 Å². The first-order chi connectivity index (χ1) is 7.43. The Labute approximate surface area is 101 Å². The highest BCUT2D eigenvalue weighted by atomic mass is 79.9. The molecule has 2 N–H and O–H groups in total. The molecular formula is C11H11BrO4. The van der Waals surface area contributed by atoms with Gasteiger partial charge >= 0.3 is 5.97 Å². The van der Waals surface area contributed by atoms with E-state index in [0.29, 0.717) is 10.0 Å². The van der Waals surface area contributed by atoms with E-state index in [1.165, 1.54) is 0 Å². The molecule has 1 rings (SSSR count). The minimum Gasteiger partial charge on any atom is -0.479 e. The summed E-state index contributed by atoms with van der Waals surface area (Å²) in [4.78, 5) is 22.2.